The van der Waals surface area contributed by atoms with Gasteiger partial charge in [-0.3, -0.25) is 4.79 Å². The summed E-state index contributed by atoms with van der Waals surface area (Å²) in [6.45, 7) is 1.10. The van der Waals surface area contributed by atoms with E-state index in [-0.39, 0.29) is 29.1 Å². The van der Waals surface area contributed by atoms with Crippen molar-refractivity contribution in [2.24, 2.45) is 0 Å². The molecular weight excluding hydrogens is 404 g/mol. The van der Waals surface area contributed by atoms with Crippen LogP contribution in [0.2, 0.25) is 0 Å². The lowest BCUT2D eigenvalue weighted by Gasteiger charge is -2.16. The van der Waals surface area contributed by atoms with Crippen LogP contribution in [0.4, 0.5) is 5.82 Å². The van der Waals surface area contributed by atoms with Gasteiger partial charge in [-0.05, 0) is 18.2 Å². The molecule has 0 bridgehead atoms. The minimum atomic E-state index is -0.674. The molecule has 2 heterocycles. The van der Waals surface area contributed by atoms with Crippen molar-refractivity contribution in [3.63, 3.8) is 0 Å². The number of anilines is 1. The molecule has 0 radical (unpaired) electrons. The zero-order valence-electron chi connectivity index (χ0n) is 13.4. The van der Waals surface area contributed by atoms with Gasteiger partial charge in [-0.15, -0.1) is 0 Å². The summed E-state index contributed by atoms with van der Waals surface area (Å²) in [4.78, 5) is 14.5. The van der Waals surface area contributed by atoms with E-state index in [0.717, 1.165) is 0 Å². The maximum atomic E-state index is 12.1. The van der Waals surface area contributed by atoms with Crippen LogP contribution in [0.15, 0.2) is 27.5 Å². The molecule has 1 saturated heterocycles. The predicted molar refractivity (Wildman–Crippen MR) is 95.2 cm³/mol. The first-order valence-electron chi connectivity index (χ1n) is 7.57. The summed E-state index contributed by atoms with van der Waals surface area (Å²) < 4.78 is 17.1. The number of nitrogens with zero attached hydrogens (tertiary/aromatic N) is 2. The average Bonchev–Trinajstić information content (AvgIpc) is 3.13. The van der Waals surface area contributed by atoms with Crippen LogP contribution in [0, 0.1) is 22.7 Å². The van der Waals surface area contributed by atoms with E-state index in [0.29, 0.717) is 29.0 Å². The van der Waals surface area contributed by atoms with Crippen LogP contribution in [-0.4, -0.2) is 31.1 Å². The minimum Gasteiger partial charge on any atom is -0.488 e. The van der Waals surface area contributed by atoms with E-state index in [1.54, 1.807) is 18.2 Å². The SMILES string of the molecule is N#Cc1c(N)[nH]c(=O)c(C#N)c1-c1cc(Br)ccc1OCC1OCCO1. The molecule has 1 aromatic carbocycles. The van der Waals surface area contributed by atoms with Gasteiger partial charge in [0.1, 0.15) is 41.4 Å². The number of hydrogen-bond donors (Lipinski definition) is 2. The van der Waals surface area contributed by atoms with Gasteiger partial charge in [0.15, 0.2) is 6.29 Å². The molecule has 0 saturated carbocycles. The molecule has 132 valence electrons. The molecule has 26 heavy (non-hydrogen) atoms. The monoisotopic (exact) mass is 416 g/mol. The predicted octanol–water partition coefficient (Wildman–Crippen LogP) is 1.88. The molecule has 1 aromatic heterocycles. The molecule has 1 aliphatic heterocycles. The van der Waals surface area contributed by atoms with Crippen LogP contribution < -0.4 is 16.0 Å². The zero-order chi connectivity index (χ0) is 18.7. The van der Waals surface area contributed by atoms with E-state index < -0.39 is 11.8 Å². The van der Waals surface area contributed by atoms with Crippen LogP contribution >= 0.6 is 15.9 Å². The third-order valence-corrected chi connectivity index (χ3v) is 4.24. The van der Waals surface area contributed by atoms with Crippen molar-refractivity contribution in [1.82, 2.24) is 4.98 Å². The lowest BCUT2D eigenvalue weighted by molar-refractivity contribution is -0.0683. The summed E-state index contributed by atoms with van der Waals surface area (Å²) in [5.41, 5.74) is 5.40. The molecule has 0 aliphatic carbocycles. The maximum Gasteiger partial charge on any atom is 0.268 e. The number of H-pyrrole nitrogens is 1. The Hall–Kier alpha value is -2.85. The van der Waals surface area contributed by atoms with Crippen molar-refractivity contribution < 1.29 is 14.2 Å². The van der Waals surface area contributed by atoms with Crippen LogP contribution in [0.1, 0.15) is 11.1 Å². The Morgan fingerprint density at radius 3 is 2.62 bits per heavy atom. The quantitative estimate of drug-likeness (QED) is 0.776. The Labute approximate surface area is 156 Å². The fourth-order valence-corrected chi connectivity index (χ4v) is 2.96. The molecule has 0 unspecified atom stereocenters. The van der Waals surface area contributed by atoms with E-state index in [1.165, 1.54) is 0 Å². The third kappa shape index (κ3) is 3.41. The highest BCUT2D eigenvalue weighted by Crippen LogP contribution is 2.37. The highest BCUT2D eigenvalue weighted by molar-refractivity contribution is 9.10. The number of pyridine rings is 1. The number of rotatable bonds is 4. The Morgan fingerprint density at radius 1 is 1.27 bits per heavy atom. The molecule has 0 amide bonds. The highest BCUT2D eigenvalue weighted by Gasteiger charge is 2.23. The van der Waals surface area contributed by atoms with Crippen molar-refractivity contribution in [2.45, 2.75) is 6.29 Å². The van der Waals surface area contributed by atoms with Gasteiger partial charge in [-0.25, -0.2) is 0 Å². The Balaban J connectivity index is 2.14. The van der Waals surface area contributed by atoms with Crippen LogP contribution in [-0.2, 0) is 9.47 Å². The molecule has 0 atom stereocenters. The summed E-state index contributed by atoms with van der Waals surface area (Å²) in [5.74, 6) is 0.255. The first kappa shape index (κ1) is 18.0. The van der Waals surface area contributed by atoms with Crippen LogP contribution in [0.25, 0.3) is 11.1 Å². The molecule has 2 aromatic rings. The summed E-state index contributed by atoms with van der Waals surface area (Å²) in [5, 5.41) is 18.9. The van der Waals surface area contributed by atoms with E-state index in [4.69, 9.17) is 19.9 Å². The maximum absolute atomic E-state index is 12.1. The van der Waals surface area contributed by atoms with Crippen molar-refractivity contribution >= 4 is 21.7 Å². The molecule has 8 nitrogen and oxygen atoms in total. The second kappa shape index (κ2) is 7.58. The van der Waals surface area contributed by atoms with E-state index in [9.17, 15) is 15.3 Å². The van der Waals surface area contributed by atoms with Crippen LogP contribution in [0.3, 0.4) is 0 Å². The number of ether oxygens (including phenoxy) is 3. The number of nitriles is 2. The van der Waals surface area contributed by atoms with Gasteiger partial charge < -0.3 is 24.9 Å². The Kier molecular flexibility index (Phi) is 5.24. The van der Waals surface area contributed by atoms with Crippen molar-refractivity contribution in [2.75, 3.05) is 25.6 Å². The number of nitrogen functional groups attached to an aromatic ring is 1. The number of halogens is 1. The Morgan fingerprint density at radius 2 is 1.96 bits per heavy atom. The van der Waals surface area contributed by atoms with Gasteiger partial charge in [0.2, 0.25) is 0 Å². The fourth-order valence-electron chi connectivity index (χ4n) is 2.60. The zero-order valence-corrected chi connectivity index (χ0v) is 15.0. The van der Waals surface area contributed by atoms with Gasteiger partial charge >= 0.3 is 0 Å². The van der Waals surface area contributed by atoms with Crippen molar-refractivity contribution in [1.29, 1.82) is 10.5 Å². The third-order valence-electron chi connectivity index (χ3n) is 3.74. The Bertz CT molecular complexity index is 984. The molecule has 1 fully saturated rings. The van der Waals surface area contributed by atoms with Gasteiger partial charge in [0.05, 0.1) is 13.2 Å². The van der Waals surface area contributed by atoms with Crippen molar-refractivity contribution in [3.05, 3.63) is 44.2 Å². The molecule has 3 rings (SSSR count). The minimum absolute atomic E-state index is 0.00235. The van der Waals surface area contributed by atoms with Crippen molar-refractivity contribution in [3.8, 4) is 29.0 Å². The smallest absolute Gasteiger partial charge is 0.268 e. The highest BCUT2D eigenvalue weighted by atomic mass is 79.9. The number of aromatic amines is 1. The molecular formula is C17H13BrN4O4. The summed E-state index contributed by atoms with van der Waals surface area (Å²) >= 11 is 3.35. The molecule has 3 N–H and O–H groups in total. The second-order valence-corrected chi connectivity index (χ2v) is 6.25. The number of nitrogens with one attached hydrogen (secondary N) is 1. The number of nitrogens with two attached hydrogens (primary N) is 1. The number of aromatic nitrogens is 1. The average molecular weight is 417 g/mol. The van der Waals surface area contributed by atoms with E-state index in [2.05, 4.69) is 20.9 Å². The van der Waals surface area contributed by atoms with Gasteiger partial charge in [0, 0.05) is 15.6 Å². The normalized spacial score (nSPS) is 14.0. The molecule has 0 spiro atoms. The summed E-state index contributed by atoms with van der Waals surface area (Å²) in [7, 11) is 0. The molecule has 1 aliphatic rings. The topological polar surface area (TPSA) is 134 Å². The lowest BCUT2D eigenvalue weighted by atomic mass is 9.96. The van der Waals surface area contributed by atoms with E-state index >= 15 is 0 Å². The number of hydrogen-bond acceptors (Lipinski definition) is 7. The first-order valence-corrected chi connectivity index (χ1v) is 8.36. The lowest BCUT2D eigenvalue weighted by Crippen LogP contribution is -2.19. The second-order valence-electron chi connectivity index (χ2n) is 5.34. The summed E-state index contributed by atoms with van der Waals surface area (Å²) in [6, 6.07) is 8.83. The van der Waals surface area contributed by atoms with Gasteiger partial charge in [-0.2, -0.15) is 10.5 Å². The van der Waals surface area contributed by atoms with E-state index in [1.807, 2.05) is 12.1 Å². The van der Waals surface area contributed by atoms with Gasteiger partial charge in [0.25, 0.3) is 5.56 Å². The molecule has 9 heteroatoms. The van der Waals surface area contributed by atoms with Crippen LogP contribution in [0.5, 0.6) is 5.75 Å². The van der Waals surface area contributed by atoms with Gasteiger partial charge in [-0.1, -0.05) is 15.9 Å². The summed E-state index contributed by atoms with van der Waals surface area (Å²) in [6.07, 6.45) is -0.499. The number of benzene rings is 1. The first-order chi connectivity index (χ1) is 12.5. The fraction of sp³-hybridized carbons (Fsp3) is 0.235. The largest absolute Gasteiger partial charge is 0.488 e. The standard InChI is InChI=1S/C17H13BrN4O4/c18-9-1-2-13(26-8-14-24-3-4-25-14)10(5-9)15-11(6-19)16(21)22-17(23)12(15)7-20/h1-2,5,14H,3-4,8H2,(H3,21,22,23).